The molecule has 0 heterocycles. The van der Waals surface area contributed by atoms with Gasteiger partial charge in [0.2, 0.25) is 0 Å². The second-order valence-corrected chi connectivity index (χ2v) is 19.8. The molecular formula is C55H106O6. The lowest BCUT2D eigenvalue weighted by molar-refractivity contribution is -0.167. The fraction of sp³-hybridized carbons (Fsp3) is 0.945. The van der Waals surface area contributed by atoms with Crippen LogP contribution in [0.4, 0.5) is 0 Å². The van der Waals surface area contributed by atoms with Crippen LogP contribution in [-0.2, 0) is 28.6 Å². The highest BCUT2D eigenvalue weighted by Gasteiger charge is 2.19. The maximum absolute atomic E-state index is 12.8. The molecule has 0 rings (SSSR count). The lowest BCUT2D eigenvalue weighted by atomic mass is 10.0. The molecule has 0 aromatic rings. The lowest BCUT2D eigenvalue weighted by Crippen LogP contribution is -2.30. The van der Waals surface area contributed by atoms with E-state index in [9.17, 15) is 14.4 Å². The molecule has 0 aromatic carbocycles. The van der Waals surface area contributed by atoms with Crippen LogP contribution in [-0.4, -0.2) is 37.2 Å². The van der Waals surface area contributed by atoms with Crippen molar-refractivity contribution < 1.29 is 28.6 Å². The van der Waals surface area contributed by atoms with Crippen molar-refractivity contribution in [1.29, 1.82) is 0 Å². The van der Waals surface area contributed by atoms with Crippen molar-refractivity contribution in [3.8, 4) is 0 Å². The van der Waals surface area contributed by atoms with E-state index in [0.29, 0.717) is 19.3 Å². The van der Waals surface area contributed by atoms with Gasteiger partial charge in [-0.1, -0.05) is 266 Å². The standard InChI is InChI=1S/C55H106O6/c1-6-7-8-9-10-11-12-13-18-21-24-30-35-40-45-53(56)59-48-52(49-60-54(57)46-41-36-31-27-26-29-34-39-44-51(4)5)61-55(58)47-42-37-32-25-22-19-16-14-15-17-20-23-28-33-38-43-50(2)3/h50-52H,6-49H2,1-5H3/t52-/m1/s1. The van der Waals surface area contributed by atoms with E-state index < -0.39 is 6.10 Å². The van der Waals surface area contributed by atoms with Gasteiger partial charge in [0.1, 0.15) is 13.2 Å². The van der Waals surface area contributed by atoms with Gasteiger partial charge in [-0.25, -0.2) is 0 Å². The Morgan fingerprint density at radius 3 is 0.803 bits per heavy atom. The number of carbonyl (C=O) groups excluding carboxylic acids is 3. The van der Waals surface area contributed by atoms with E-state index >= 15 is 0 Å². The molecule has 0 unspecified atom stereocenters. The van der Waals surface area contributed by atoms with E-state index in [4.69, 9.17) is 14.2 Å². The molecule has 6 heteroatoms. The summed E-state index contributed by atoms with van der Waals surface area (Å²) in [5, 5.41) is 0. The first-order chi connectivity index (χ1) is 29.7. The molecule has 6 nitrogen and oxygen atoms in total. The van der Waals surface area contributed by atoms with Gasteiger partial charge in [-0.05, 0) is 31.1 Å². The van der Waals surface area contributed by atoms with Crippen molar-refractivity contribution in [1.82, 2.24) is 0 Å². The van der Waals surface area contributed by atoms with E-state index in [0.717, 1.165) is 69.6 Å². The summed E-state index contributed by atoms with van der Waals surface area (Å²) < 4.78 is 16.8. The van der Waals surface area contributed by atoms with Crippen molar-refractivity contribution in [3.05, 3.63) is 0 Å². The largest absolute Gasteiger partial charge is 0.462 e. The zero-order valence-corrected chi connectivity index (χ0v) is 41.8. The number of hydrogen-bond donors (Lipinski definition) is 0. The molecule has 0 amide bonds. The van der Waals surface area contributed by atoms with E-state index in [1.165, 1.54) is 193 Å². The predicted molar refractivity (Wildman–Crippen MR) is 261 cm³/mol. The SMILES string of the molecule is CCCCCCCCCCCCCCCCC(=O)OC[C@H](COC(=O)CCCCCCCCCCC(C)C)OC(=O)CCCCCCCCCCCCCCCCCC(C)C. The van der Waals surface area contributed by atoms with Gasteiger partial charge in [0.25, 0.3) is 0 Å². The molecule has 0 aliphatic carbocycles. The molecule has 0 aromatic heterocycles. The summed E-state index contributed by atoms with van der Waals surface area (Å²) >= 11 is 0. The number of hydrogen-bond acceptors (Lipinski definition) is 6. The highest BCUT2D eigenvalue weighted by atomic mass is 16.6. The summed E-state index contributed by atoms with van der Waals surface area (Å²) in [4.78, 5) is 38.0. The molecular weight excluding hydrogens is 757 g/mol. The third-order valence-corrected chi connectivity index (χ3v) is 12.5. The van der Waals surface area contributed by atoms with Crippen LogP contribution >= 0.6 is 0 Å². The van der Waals surface area contributed by atoms with Crippen LogP contribution in [0.15, 0.2) is 0 Å². The molecule has 0 saturated heterocycles. The van der Waals surface area contributed by atoms with Gasteiger partial charge in [-0.15, -0.1) is 0 Å². The number of carbonyl (C=O) groups is 3. The highest BCUT2D eigenvalue weighted by Crippen LogP contribution is 2.18. The number of rotatable bonds is 49. The molecule has 0 N–H and O–H groups in total. The Morgan fingerprint density at radius 2 is 0.541 bits per heavy atom. The average molecular weight is 863 g/mol. The minimum Gasteiger partial charge on any atom is -0.462 e. The maximum Gasteiger partial charge on any atom is 0.306 e. The Balaban J connectivity index is 4.28. The highest BCUT2D eigenvalue weighted by molar-refractivity contribution is 5.71. The van der Waals surface area contributed by atoms with Crippen LogP contribution in [0.2, 0.25) is 0 Å². The molecule has 0 radical (unpaired) electrons. The van der Waals surface area contributed by atoms with Crippen molar-refractivity contribution in [2.24, 2.45) is 11.8 Å². The van der Waals surface area contributed by atoms with E-state index in [1.54, 1.807) is 0 Å². The van der Waals surface area contributed by atoms with Gasteiger partial charge in [0, 0.05) is 19.3 Å². The third-order valence-electron chi connectivity index (χ3n) is 12.5. The smallest absolute Gasteiger partial charge is 0.306 e. The Hall–Kier alpha value is -1.59. The van der Waals surface area contributed by atoms with Crippen LogP contribution in [0.5, 0.6) is 0 Å². The monoisotopic (exact) mass is 863 g/mol. The zero-order valence-electron chi connectivity index (χ0n) is 41.8. The van der Waals surface area contributed by atoms with Gasteiger partial charge in [-0.2, -0.15) is 0 Å². The second kappa shape index (κ2) is 47.9. The molecule has 0 saturated carbocycles. The first kappa shape index (κ1) is 59.4. The number of unbranched alkanes of at least 4 members (excludes halogenated alkanes) is 34. The van der Waals surface area contributed by atoms with Crippen LogP contribution < -0.4 is 0 Å². The number of esters is 3. The molecule has 61 heavy (non-hydrogen) atoms. The topological polar surface area (TPSA) is 78.9 Å². The fourth-order valence-corrected chi connectivity index (χ4v) is 8.34. The van der Waals surface area contributed by atoms with Crippen LogP contribution in [0.1, 0.15) is 304 Å². The van der Waals surface area contributed by atoms with Gasteiger partial charge in [0.15, 0.2) is 6.10 Å². The Bertz CT molecular complexity index is 931. The quantitative estimate of drug-likeness (QED) is 0.0344. The predicted octanol–water partition coefficient (Wildman–Crippen LogP) is 17.7. The van der Waals surface area contributed by atoms with E-state index in [2.05, 4.69) is 34.6 Å². The molecule has 0 bridgehead atoms. The molecule has 0 aliphatic rings. The minimum atomic E-state index is -0.762. The molecule has 1 atom stereocenters. The van der Waals surface area contributed by atoms with Crippen LogP contribution in [0, 0.1) is 11.8 Å². The van der Waals surface area contributed by atoms with Gasteiger partial charge >= 0.3 is 17.9 Å². The summed E-state index contributed by atoms with van der Waals surface area (Å²) in [6, 6.07) is 0. The van der Waals surface area contributed by atoms with E-state index in [-0.39, 0.29) is 31.1 Å². The summed E-state index contributed by atoms with van der Waals surface area (Å²) in [6.07, 6.45) is 49.5. The van der Waals surface area contributed by atoms with Gasteiger partial charge < -0.3 is 14.2 Å². The van der Waals surface area contributed by atoms with Gasteiger partial charge in [-0.3, -0.25) is 14.4 Å². The van der Waals surface area contributed by atoms with E-state index in [1.807, 2.05) is 0 Å². The van der Waals surface area contributed by atoms with Crippen LogP contribution in [0.3, 0.4) is 0 Å². The van der Waals surface area contributed by atoms with Crippen molar-refractivity contribution in [2.45, 2.75) is 310 Å². The first-order valence-electron chi connectivity index (χ1n) is 27.2. The van der Waals surface area contributed by atoms with Crippen molar-refractivity contribution >= 4 is 17.9 Å². The fourth-order valence-electron chi connectivity index (χ4n) is 8.34. The molecule has 0 spiro atoms. The lowest BCUT2D eigenvalue weighted by Gasteiger charge is -2.18. The average Bonchev–Trinajstić information content (AvgIpc) is 3.23. The van der Waals surface area contributed by atoms with Crippen molar-refractivity contribution in [2.75, 3.05) is 13.2 Å². The van der Waals surface area contributed by atoms with Crippen LogP contribution in [0.25, 0.3) is 0 Å². The Labute approximate surface area is 380 Å². The second-order valence-electron chi connectivity index (χ2n) is 19.8. The van der Waals surface area contributed by atoms with Gasteiger partial charge in [0.05, 0.1) is 0 Å². The first-order valence-corrected chi connectivity index (χ1v) is 27.2. The molecule has 362 valence electrons. The zero-order chi connectivity index (χ0) is 44.7. The summed E-state index contributed by atoms with van der Waals surface area (Å²) in [7, 11) is 0. The summed E-state index contributed by atoms with van der Waals surface area (Å²) in [5.74, 6) is 0.799. The van der Waals surface area contributed by atoms with Crippen molar-refractivity contribution in [3.63, 3.8) is 0 Å². The Kier molecular flexibility index (Phi) is 46.6. The summed E-state index contributed by atoms with van der Waals surface area (Å²) in [5.41, 5.74) is 0. The summed E-state index contributed by atoms with van der Waals surface area (Å²) in [6.45, 7) is 11.4. The number of ether oxygens (including phenoxy) is 3. The maximum atomic E-state index is 12.8. The molecule has 0 aliphatic heterocycles. The normalized spacial score (nSPS) is 12.0. The minimum absolute atomic E-state index is 0.0634. The molecule has 0 fully saturated rings. The third kappa shape index (κ3) is 49.3. The Morgan fingerprint density at radius 1 is 0.311 bits per heavy atom.